The maximum atomic E-state index is 12.5. The first-order valence-electron chi connectivity index (χ1n) is 7.18. The highest BCUT2D eigenvalue weighted by atomic mass is 32.2. The zero-order chi connectivity index (χ0) is 16.9. The molecule has 0 fully saturated rings. The fraction of sp³-hybridized carbons (Fsp3) is 0.533. The molecule has 1 amide bonds. The Kier molecular flexibility index (Phi) is 6.37. The fourth-order valence-corrected chi connectivity index (χ4v) is 3.27. The quantitative estimate of drug-likeness (QED) is 0.796. The molecule has 1 rings (SSSR count). The van der Waals surface area contributed by atoms with Gasteiger partial charge >= 0.3 is 0 Å². The van der Waals surface area contributed by atoms with Gasteiger partial charge in [0, 0.05) is 6.04 Å². The first-order chi connectivity index (χ1) is 10.2. The zero-order valence-corrected chi connectivity index (χ0v) is 14.5. The van der Waals surface area contributed by atoms with E-state index < -0.39 is 16.1 Å². The first kappa shape index (κ1) is 18.4. The monoisotopic (exact) mass is 328 g/mol. The molecule has 6 nitrogen and oxygen atoms in total. The van der Waals surface area contributed by atoms with Crippen molar-refractivity contribution in [3.05, 3.63) is 23.8 Å². The fourth-order valence-electron chi connectivity index (χ4n) is 1.81. The number of aryl methyl sites for hydroxylation is 1. The predicted molar refractivity (Wildman–Crippen MR) is 85.4 cm³/mol. The second-order valence-electron chi connectivity index (χ2n) is 5.32. The molecule has 0 heterocycles. The van der Waals surface area contributed by atoms with Gasteiger partial charge in [-0.15, -0.1) is 0 Å². The molecule has 0 spiro atoms. The molecule has 0 aliphatic heterocycles. The molecule has 0 saturated carbocycles. The molecule has 1 aromatic rings. The minimum Gasteiger partial charge on any atom is -0.495 e. The van der Waals surface area contributed by atoms with Gasteiger partial charge in [0.2, 0.25) is 15.9 Å². The molecule has 0 aliphatic carbocycles. The summed E-state index contributed by atoms with van der Waals surface area (Å²) in [7, 11) is -2.44. The highest BCUT2D eigenvalue weighted by Crippen LogP contribution is 2.24. The molecule has 2 N–H and O–H groups in total. The van der Waals surface area contributed by atoms with Gasteiger partial charge in [0.15, 0.2) is 0 Å². The van der Waals surface area contributed by atoms with Crippen molar-refractivity contribution in [2.24, 2.45) is 0 Å². The van der Waals surface area contributed by atoms with Crippen LogP contribution in [-0.2, 0) is 14.8 Å². The largest absolute Gasteiger partial charge is 0.495 e. The molecule has 0 unspecified atom stereocenters. The first-order valence-corrected chi connectivity index (χ1v) is 8.67. The van der Waals surface area contributed by atoms with Crippen LogP contribution in [0, 0.1) is 6.92 Å². The van der Waals surface area contributed by atoms with E-state index in [9.17, 15) is 13.2 Å². The van der Waals surface area contributed by atoms with E-state index >= 15 is 0 Å². The van der Waals surface area contributed by atoms with Crippen LogP contribution in [0.25, 0.3) is 0 Å². The van der Waals surface area contributed by atoms with Crippen molar-refractivity contribution in [2.45, 2.75) is 51.1 Å². The van der Waals surface area contributed by atoms with Gasteiger partial charge in [0.05, 0.1) is 13.2 Å². The van der Waals surface area contributed by atoms with Crippen LogP contribution in [0.3, 0.4) is 0 Å². The number of carbonyl (C=O) groups is 1. The van der Waals surface area contributed by atoms with Crippen molar-refractivity contribution in [1.29, 1.82) is 0 Å². The Morgan fingerprint density at radius 2 is 1.95 bits per heavy atom. The van der Waals surface area contributed by atoms with Gasteiger partial charge in [-0.05, 0) is 44.9 Å². The Morgan fingerprint density at radius 1 is 1.32 bits per heavy atom. The normalized spacial score (nSPS) is 14.2. The van der Waals surface area contributed by atoms with E-state index in [-0.39, 0.29) is 22.6 Å². The van der Waals surface area contributed by atoms with Gasteiger partial charge in [-0.1, -0.05) is 13.0 Å². The van der Waals surface area contributed by atoms with E-state index in [1.54, 1.807) is 19.1 Å². The summed E-state index contributed by atoms with van der Waals surface area (Å²) in [5, 5.41) is 2.75. The number of amides is 1. The lowest BCUT2D eigenvalue weighted by Gasteiger charge is -2.18. The Balaban J connectivity index is 2.96. The average molecular weight is 328 g/mol. The third kappa shape index (κ3) is 4.71. The highest BCUT2D eigenvalue weighted by Gasteiger charge is 2.25. The van der Waals surface area contributed by atoms with Crippen LogP contribution in [0.4, 0.5) is 0 Å². The lowest BCUT2D eigenvalue weighted by molar-refractivity contribution is -0.122. The van der Waals surface area contributed by atoms with Crippen LogP contribution in [0.5, 0.6) is 5.75 Å². The summed E-state index contributed by atoms with van der Waals surface area (Å²) in [6, 6.07) is 3.99. The Bertz CT molecular complexity index is 628. The number of carbonyl (C=O) groups excluding carboxylic acids is 1. The molecule has 0 radical (unpaired) electrons. The number of rotatable bonds is 7. The third-order valence-corrected chi connectivity index (χ3v) is 4.90. The van der Waals surface area contributed by atoms with Gasteiger partial charge in [-0.25, -0.2) is 8.42 Å². The van der Waals surface area contributed by atoms with Gasteiger partial charge < -0.3 is 10.1 Å². The second kappa shape index (κ2) is 7.60. The number of sulfonamides is 1. The van der Waals surface area contributed by atoms with Crippen molar-refractivity contribution in [1.82, 2.24) is 10.0 Å². The van der Waals surface area contributed by atoms with E-state index in [2.05, 4.69) is 10.0 Å². The van der Waals surface area contributed by atoms with Crippen LogP contribution in [0.2, 0.25) is 0 Å². The predicted octanol–water partition coefficient (Wildman–Crippen LogP) is 1.59. The molecule has 0 aliphatic rings. The van der Waals surface area contributed by atoms with Gasteiger partial charge in [0.25, 0.3) is 0 Å². The Hall–Kier alpha value is -1.60. The summed E-state index contributed by atoms with van der Waals surface area (Å²) in [5.74, 6) is -0.114. The molecule has 0 saturated heterocycles. The number of nitrogens with one attached hydrogen (secondary N) is 2. The van der Waals surface area contributed by atoms with Crippen molar-refractivity contribution >= 4 is 15.9 Å². The molecule has 1 aromatic carbocycles. The summed E-state index contributed by atoms with van der Waals surface area (Å²) in [5.41, 5.74) is 0.790. The molecule has 124 valence electrons. The number of ether oxygens (including phenoxy) is 1. The number of hydrogen-bond acceptors (Lipinski definition) is 4. The van der Waals surface area contributed by atoms with Crippen molar-refractivity contribution < 1.29 is 17.9 Å². The van der Waals surface area contributed by atoms with E-state index in [0.29, 0.717) is 0 Å². The van der Waals surface area contributed by atoms with Crippen LogP contribution >= 0.6 is 0 Å². The maximum absolute atomic E-state index is 12.5. The molecule has 0 bridgehead atoms. The maximum Gasteiger partial charge on any atom is 0.244 e. The summed E-state index contributed by atoms with van der Waals surface area (Å²) in [6.07, 6.45) is 0.775. The molecular formula is C15H24N2O4S. The van der Waals surface area contributed by atoms with Crippen LogP contribution in [0.1, 0.15) is 32.8 Å². The van der Waals surface area contributed by atoms with Crippen LogP contribution in [-0.4, -0.2) is 33.5 Å². The SMILES string of the molecule is CC[C@H](C)NC(=O)[C@H](C)NS(=O)(=O)c1cc(C)ccc1OC. The number of hydrogen-bond donors (Lipinski definition) is 2. The Labute approximate surface area is 132 Å². The van der Waals surface area contributed by atoms with Crippen LogP contribution in [0.15, 0.2) is 23.1 Å². The summed E-state index contributed by atoms with van der Waals surface area (Å²) < 4.78 is 32.4. The van der Waals surface area contributed by atoms with E-state index in [1.165, 1.54) is 20.1 Å². The highest BCUT2D eigenvalue weighted by molar-refractivity contribution is 7.89. The topological polar surface area (TPSA) is 84.5 Å². The smallest absolute Gasteiger partial charge is 0.244 e. The second-order valence-corrected chi connectivity index (χ2v) is 7.00. The van der Waals surface area contributed by atoms with Crippen molar-refractivity contribution in [3.8, 4) is 5.75 Å². The molecule has 2 atom stereocenters. The molecule has 7 heteroatoms. The summed E-state index contributed by atoms with van der Waals surface area (Å²) in [4.78, 5) is 12.0. The number of methoxy groups -OCH3 is 1. The van der Waals surface area contributed by atoms with E-state index in [0.717, 1.165) is 12.0 Å². The molecular weight excluding hydrogens is 304 g/mol. The lowest BCUT2D eigenvalue weighted by Crippen LogP contribution is -2.47. The minimum absolute atomic E-state index is 0.00652. The van der Waals surface area contributed by atoms with Gasteiger partial charge in [-0.2, -0.15) is 4.72 Å². The Morgan fingerprint density at radius 3 is 2.50 bits per heavy atom. The van der Waals surface area contributed by atoms with Gasteiger partial charge in [-0.3, -0.25) is 4.79 Å². The van der Waals surface area contributed by atoms with E-state index in [1.807, 2.05) is 13.8 Å². The zero-order valence-electron chi connectivity index (χ0n) is 13.6. The lowest BCUT2D eigenvalue weighted by atomic mass is 10.2. The molecule has 22 heavy (non-hydrogen) atoms. The molecule has 0 aromatic heterocycles. The average Bonchev–Trinajstić information content (AvgIpc) is 2.46. The number of benzene rings is 1. The van der Waals surface area contributed by atoms with Crippen molar-refractivity contribution in [2.75, 3.05) is 7.11 Å². The summed E-state index contributed by atoms with van der Waals surface area (Å²) >= 11 is 0. The standard InChI is InChI=1S/C15H24N2O4S/c1-6-11(3)16-15(18)12(4)17-22(19,20)14-9-10(2)7-8-13(14)21-5/h7-9,11-12,17H,6H2,1-5H3,(H,16,18)/t11-,12-/m0/s1. The van der Waals surface area contributed by atoms with Gasteiger partial charge in [0.1, 0.15) is 10.6 Å². The summed E-state index contributed by atoms with van der Waals surface area (Å²) in [6.45, 7) is 7.11. The van der Waals surface area contributed by atoms with E-state index in [4.69, 9.17) is 4.74 Å². The van der Waals surface area contributed by atoms with Crippen molar-refractivity contribution in [3.63, 3.8) is 0 Å². The third-order valence-electron chi connectivity index (χ3n) is 3.33. The minimum atomic E-state index is -3.85. The van der Waals surface area contributed by atoms with Crippen LogP contribution < -0.4 is 14.8 Å².